The van der Waals surface area contributed by atoms with Crippen molar-refractivity contribution in [2.75, 3.05) is 51.9 Å². The Morgan fingerprint density at radius 2 is 1.95 bits per heavy atom. The number of halogens is 3. The van der Waals surface area contributed by atoms with Crippen molar-refractivity contribution >= 4 is 41.1 Å². The molecule has 8 rings (SSSR count). The summed E-state index contributed by atoms with van der Waals surface area (Å²) in [5.74, 6) is 0.325. The van der Waals surface area contributed by atoms with Crippen LogP contribution in [0.25, 0.3) is 32.9 Å². The van der Waals surface area contributed by atoms with E-state index in [9.17, 15) is 23.2 Å². The van der Waals surface area contributed by atoms with E-state index in [1.54, 1.807) is 11.6 Å². The number of aromatic hydroxyl groups is 1. The first-order chi connectivity index (χ1) is 26.4. The summed E-state index contributed by atoms with van der Waals surface area (Å²) in [5, 5.41) is 14.3. The number of carbonyl (C=O) groups is 1. The maximum atomic E-state index is 17.1. The summed E-state index contributed by atoms with van der Waals surface area (Å²) in [6.07, 6.45) is 9.41. The highest BCUT2D eigenvalue weighted by Crippen LogP contribution is 2.55. The van der Waals surface area contributed by atoms with Gasteiger partial charge in [-0.15, -0.1) is 6.42 Å². The minimum absolute atomic E-state index is 0.0700. The van der Waals surface area contributed by atoms with Crippen molar-refractivity contribution in [3.63, 3.8) is 0 Å². The number of pyridine rings is 1. The number of anilines is 1. The van der Waals surface area contributed by atoms with Gasteiger partial charge in [-0.3, -0.25) is 19.2 Å². The summed E-state index contributed by atoms with van der Waals surface area (Å²) in [7, 11) is -1.14. The van der Waals surface area contributed by atoms with Crippen LogP contribution in [-0.2, 0) is 18.6 Å². The molecule has 0 saturated carbocycles. The lowest BCUT2D eigenvalue weighted by Gasteiger charge is -2.44. The van der Waals surface area contributed by atoms with Crippen LogP contribution in [0.4, 0.5) is 19.0 Å². The van der Waals surface area contributed by atoms with E-state index in [2.05, 4.69) is 25.9 Å². The Morgan fingerprint density at radius 1 is 1.18 bits per heavy atom. The zero-order valence-corrected chi connectivity index (χ0v) is 31.5. The highest BCUT2D eigenvalue weighted by atomic mass is 31.2. The number of piperazine rings is 1. The minimum atomic E-state index is -3.72. The van der Waals surface area contributed by atoms with Crippen molar-refractivity contribution in [3.8, 4) is 35.4 Å². The number of rotatable bonds is 10. The number of nitrogens with zero attached hydrogens (tertiary/aromatic N) is 6. The maximum absolute atomic E-state index is 17.1. The van der Waals surface area contributed by atoms with E-state index < -0.39 is 43.0 Å². The minimum Gasteiger partial charge on any atom is -0.508 e. The average Bonchev–Trinajstić information content (AvgIpc) is 3.80. The zero-order valence-electron chi connectivity index (χ0n) is 30.6. The Balaban J connectivity index is 1.22. The van der Waals surface area contributed by atoms with Gasteiger partial charge in [-0.2, -0.15) is 9.97 Å². The van der Waals surface area contributed by atoms with E-state index in [-0.39, 0.29) is 63.6 Å². The third kappa shape index (κ3) is 6.36. The SMILES string of the molecule is C#Cc1c(F)ccc2cc(O)cc(-c3ncc4c(N5CC6CCC(C5)N6P(=O)(N[C@@H](C)C(=O)OC)OC)nc(OC[C@@]56CCCN5C[C@H](F)C6)nc4c3F)c12. The average molecular weight is 780 g/mol. The Hall–Kier alpha value is -4.52. The van der Waals surface area contributed by atoms with Crippen molar-refractivity contribution < 1.29 is 41.6 Å². The lowest BCUT2D eigenvalue weighted by Crippen LogP contribution is -2.54. The van der Waals surface area contributed by atoms with Gasteiger partial charge in [-0.25, -0.2) is 22.9 Å². The second-order valence-corrected chi connectivity index (χ2v) is 16.9. The normalized spacial score (nSPS) is 25.5. The molecule has 3 unspecified atom stereocenters. The van der Waals surface area contributed by atoms with Crippen molar-refractivity contribution in [1.29, 1.82) is 0 Å². The second kappa shape index (κ2) is 14.2. The van der Waals surface area contributed by atoms with Crippen molar-refractivity contribution in [2.45, 2.75) is 68.9 Å². The Labute approximate surface area is 315 Å². The number of hydrogen-bond acceptors (Lipinski definition) is 11. The van der Waals surface area contributed by atoms with Crippen LogP contribution in [0.15, 0.2) is 30.5 Å². The predicted octanol–water partition coefficient (Wildman–Crippen LogP) is 5.32. The molecule has 6 heterocycles. The lowest BCUT2D eigenvalue weighted by molar-refractivity contribution is -0.142. The fraction of sp³-hybridized carbons (Fsp3) is 0.474. The highest BCUT2D eigenvalue weighted by molar-refractivity contribution is 7.54. The summed E-state index contributed by atoms with van der Waals surface area (Å²) >= 11 is 0. The third-order valence-corrected chi connectivity index (χ3v) is 14.0. The van der Waals surface area contributed by atoms with Crippen LogP contribution < -0.4 is 14.7 Å². The van der Waals surface area contributed by atoms with Gasteiger partial charge in [-0.1, -0.05) is 12.0 Å². The smallest absolute Gasteiger partial charge is 0.344 e. The number of nitrogens with one attached hydrogen (secondary N) is 1. The molecule has 2 aromatic heterocycles. The molecule has 2 bridgehead atoms. The van der Waals surface area contributed by atoms with Crippen molar-refractivity contribution in [2.24, 2.45) is 0 Å². The van der Waals surface area contributed by atoms with Crippen LogP contribution >= 0.6 is 7.67 Å². The molecule has 4 saturated heterocycles. The number of phenolic OH excluding ortho intramolecular Hbond substituents is 1. The number of aromatic nitrogens is 3. The number of fused-ring (bicyclic) bond motifs is 5. The predicted molar refractivity (Wildman–Crippen MR) is 198 cm³/mol. The van der Waals surface area contributed by atoms with Crippen LogP contribution in [0.3, 0.4) is 0 Å². The quantitative estimate of drug-likeness (QED) is 0.122. The fourth-order valence-corrected chi connectivity index (χ4v) is 11.3. The number of esters is 1. The molecule has 2 aromatic carbocycles. The van der Waals surface area contributed by atoms with Gasteiger partial charge in [0, 0.05) is 62.4 Å². The van der Waals surface area contributed by atoms with E-state index >= 15 is 4.39 Å². The van der Waals surface area contributed by atoms with Gasteiger partial charge < -0.3 is 24.0 Å². The fourth-order valence-electron chi connectivity index (χ4n) is 9.09. The molecule has 4 aromatic rings. The van der Waals surface area contributed by atoms with Crippen LogP contribution in [0.2, 0.25) is 0 Å². The molecule has 0 aliphatic carbocycles. The molecule has 2 N–H and O–H groups in total. The zero-order chi connectivity index (χ0) is 38.8. The highest BCUT2D eigenvalue weighted by Gasteiger charge is 2.51. The molecule has 290 valence electrons. The first-order valence-corrected chi connectivity index (χ1v) is 19.8. The van der Waals surface area contributed by atoms with E-state index in [1.807, 2.05) is 4.90 Å². The van der Waals surface area contributed by atoms with Gasteiger partial charge in [0.2, 0.25) is 0 Å². The van der Waals surface area contributed by atoms with Crippen LogP contribution in [-0.4, -0.2) is 112 Å². The largest absolute Gasteiger partial charge is 0.508 e. The maximum Gasteiger partial charge on any atom is 0.344 e. The summed E-state index contributed by atoms with van der Waals surface area (Å²) in [6.45, 7) is 3.32. The molecular weight excluding hydrogens is 738 g/mol. The lowest BCUT2D eigenvalue weighted by atomic mass is 9.95. The van der Waals surface area contributed by atoms with Gasteiger partial charge in [0.25, 0.3) is 0 Å². The number of benzene rings is 2. The summed E-state index contributed by atoms with van der Waals surface area (Å²) in [5.41, 5.74) is -0.931. The standard InChI is InChI=1S/C38H41F3N7O6P/c1-5-27-30(40)10-7-22-13-26(49)14-28(31(22)27)33-32(41)34-29(16-42-33)35(44-37(43-34)54-20-38-11-6-12-47(38)17-23(39)15-38)46-18-24-8-9-25(19-46)48(24)55(51,53-4)45-21(2)36(50)52-3/h1,7,10,13-14,16,21,23-25,49H,6,8-9,11-12,15,17-20H2,2-4H3,(H,45,51)/t21-,23+,24?,25?,38-,55?/m0/s1. The molecule has 13 nitrogen and oxygen atoms in total. The van der Waals surface area contributed by atoms with Gasteiger partial charge in [0.1, 0.15) is 47.4 Å². The van der Waals surface area contributed by atoms with E-state index in [4.69, 9.17) is 25.4 Å². The molecule has 0 amide bonds. The number of phenols is 1. The van der Waals surface area contributed by atoms with Crippen LogP contribution in [0.5, 0.6) is 11.8 Å². The molecule has 17 heteroatoms. The Kier molecular flexibility index (Phi) is 9.66. The number of methoxy groups -OCH3 is 1. The second-order valence-electron chi connectivity index (χ2n) is 14.8. The number of alkyl halides is 1. The molecule has 4 aliphatic heterocycles. The van der Waals surface area contributed by atoms with E-state index in [0.717, 1.165) is 19.4 Å². The van der Waals surface area contributed by atoms with E-state index in [0.29, 0.717) is 50.1 Å². The van der Waals surface area contributed by atoms with Crippen LogP contribution in [0.1, 0.15) is 44.6 Å². The summed E-state index contributed by atoms with van der Waals surface area (Å²) in [4.78, 5) is 30.1. The Morgan fingerprint density at radius 3 is 2.65 bits per heavy atom. The summed E-state index contributed by atoms with van der Waals surface area (Å²) in [6, 6.07) is 3.67. The molecule has 4 fully saturated rings. The van der Waals surface area contributed by atoms with Crippen molar-refractivity contribution in [3.05, 3.63) is 47.7 Å². The number of ether oxygens (including phenoxy) is 2. The number of terminal acetylenes is 1. The number of carbonyl (C=O) groups excluding carboxylic acids is 1. The van der Waals surface area contributed by atoms with Gasteiger partial charge in [0.15, 0.2) is 5.82 Å². The molecule has 55 heavy (non-hydrogen) atoms. The molecule has 4 aliphatic rings. The van der Waals surface area contributed by atoms with Gasteiger partial charge in [-0.05, 0) is 62.7 Å². The number of hydrogen-bond donors (Lipinski definition) is 2. The Bertz CT molecular complexity index is 2280. The first kappa shape index (κ1) is 37.4. The van der Waals surface area contributed by atoms with Gasteiger partial charge >= 0.3 is 19.7 Å². The van der Waals surface area contributed by atoms with Crippen LogP contribution in [0, 0.1) is 24.0 Å². The summed E-state index contributed by atoms with van der Waals surface area (Å²) < 4.78 is 79.4. The topological polar surface area (TPSA) is 142 Å². The molecular formula is C38H41F3N7O6P. The third-order valence-electron chi connectivity index (χ3n) is 11.5. The van der Waals surface area contributed by atoms with Gasteiger partial charge in [0.05, 0.1) is 23.6 Å². The molecule has 0 radical (unpaired) electrons. The molecule has 0 spiro atoms. The monoisotopic (exact) mass is 779 g/mol. The molecule has 6 atom stereocenters. The van der Waals surface area contributed by atoms with Crippen molar-refractivity contribution in [1.82, 2.24) is 29.6 Å². The van der Waals surface area contributed by atoms with E-state index in [1.165, 1.54) is 44.7 Å². The first-order valence-electron chi connectivity index (χ1n) is 18.2.